The highest BCUT2D eigenvalue weighted by molar-refractivity contribution is 9.10. The fourth-order valence-electron chi connectivity index (χ4n) is 2.62. The largest absolute Gasteiger partial charge is 0.382 e. The average molecular weight is 296 g/mol. The van der Waals surface area contributed by atoms with Crippen LogP contribution >= 0.6 is 15.9 Å². The third-order valence-corrected chi connectivity index (χ3v) is 4.74. The van der Waals surface area contributed by atoms with Gasteiger partial charge in [-0.1, -0.05) is 41.8 Å². The Morgan fingerprint density at radius 3 is 2.82 bits per heavy atom. The summed E-state index contributed by atoms with van der Waals surface area (Å²) < 4.78 is 1.20. The molecule has 2 atom stereocenters. The molecule has 2 rings (SSSR count). The van der Waals surface area contributed by atoms with Gasteiger partial charge in [-0.3, -0.25) is 0 Å². The van der Waals surface area contributed by atoms with E-state index in [4.69, 9.17) is 0 Å². The molecule has 0 heterocycles. The van der Waals surface area contributed by atoms with Gasteiger partial charge in [0.15, 0.2) is 0 Å². The normalized spacial score (nSPS) is 25.4. The minimum atomic E-state index is 0.660. The number of anilines is 1. The van der Waals surface area contributed by atoms with Crippen LogP contribution in [0.2, 0.25) is 0 Å². The van der Waals surface area contributed by atoms with Crippen LogP contribution < -0.4 is 5.32 Å². The molecule has 2 heteroatoms. The van der Waals surface area contributed by atoms with Gasteiger partial charge in [-0.2, -0.15) is 0 Å². The Labute approximate surface area is 113 Å². The first kappa shape index (κ1) is 12.9. The Kier molecular flexibility index (Phi) is 4.49. The molecule has 1 N–H and O–H groups in total. The zero-order chi connectivity index (χ0) is 12.3. The summed E-state index contributed by atoms with van der Waals surface area (Å²) in [6.45, 7) is 4.55. The molecule has 0 aromatic heterocycles. The molecule has 1 saturated carbocycles. The summed E-state index contributed by atoms with van der Waals surface area (Å²) >= 11 is 3.60. The van der Waals surface area contributed by atoms with Crippen LogP contribution in [-0.2, 0) is 0 Å². The zero-order valence-corrected chi connectivity index (χ0v) is 12.4. The molecule has 1 nitrogen and oxygen atoms in total. The first-order valence-corrected chi connectivity index (χ1v) is 7.48. The number of hydrogen-bond donors (Lipinski definition) is 1. The van der Waals surface area contributed by atoms with Gasteiger partial charge in [0.2, 0.25) is 0 Å². The van der Waals surface area contributed by atoms with Crippen LogP contribution in [-0.4, -0.2) is 6.04 Å². The molecule has 0 saturated heterocycles. The van der Waals surface area contributed by atoms with Gasteiger partial charge in [0.05, 0.1) is 0 Å². The van der Waals surface area contributed by atoms with Crippen molar-refractivity contribution in [3.8, 4) is 0 Å². The maximum absolute atomic E-state index is 3.72. The van der Waals surface area contributed by atoms with E-state index < -0.39 is 0 Å². The van der Waals surface area contributed by atoms with Crippen molar-refractivity contribution in [3.05, 3.63) is 28.2 Å². The highest BCUT2D eigenvalue weighted by Crippen LogP contribution is 2.28. The zero-order valence-electron chi connectivity index (χ0n) is 10.8. The van der Waals surface area contributed by atoms with E-state index in [0.29, 0.717) is 6.04 Å². The van der Waals surface area contributed by atoms with Gasteiger partial charge in [0.1, 0.15) is 0 Å². The molecule has 1 aromatic carbocycles. The van der Waals surface area contributed by atoms with Crippen LogP contribution in [0.15, 0.2) is 22.7 Å². The van der Waals surface area contributed by atoms with Crippen LogP contribution in [0, 0.1) is 12.8 Å². The summed E-state index contributed by atoms with van der Waals surface area (Å²) in [4.78, 5) is 0. The van der Waals surface area contributed by atoms with Gasteiger partial charge in [-0.25, -0.2) is 0 Å². The van der Waals surface area contributed by atoms with Crippen molar-refractivity contribution in [2.75, 3.05) is 5.32 Å². The molecule has 17 heavy (non-hydrogen) atoms. The number of nitrogens with one attached hydrogen (secondary N) is 1. The van der Waals surface area contributed by atoms with Crippen molar-refractivity contribution in [3.63, 3.8) is 0 Å². The van der Waals surface area contributed by atoms with E-state index in [1.54, 1.807) is 0 Å². The first-order chi connectivity index (χ1) is 8.16. The molecule has 0 aliphatic heterocycles. The van der Waals surface area contributed by atoms with Gasteiger partial charge in [0.25, 0.3) is 0 Å². The van der Waals surface area contributed by atoms with Crippen molar-refractivity contribution >= 4 is 21.6 Å². The Balaban J connectivity index is 2.02. The summed E-state index contributed by atoms with van der Waals surface area (Å²) in [5, 5.41) is 3.72. The number of benzene rings is 1. The molecule has 1 aromatic rings. The maximum atomic E-state index is 3.72. The number of halogens is 1. The van der Waals surface area contributed by atoms with Crippen LogP contribution in [0.5, 0.6) is 0 Å². The van der Waals surface area contributed by atoms with Crippen LogP contribution in [0.3, 0.4) is 0 Å². The van der Waals surface area contributed by atoms with Crippen molar-refractivity contribution in [2.45, 2.75) is 52.0 Å². The lowest BCUT2D eigenvalue weighted by atomic mass is 10.0. The van der Waals surface area contributed by atoms with Gasteiger partial charge in [-0.15, -0.1) is 0 Å². The van der Waals surface area contributed by atoms with E-state index in [9.17, 15) is 0 Å². The van der Waals surface area contributed by atoms with Crippen LogP contribution in [0.1, 0.15) is 44.6 Å². The fraction of sp³-hybridized carbons (Fsp3) is 0.600. The Bertz CT molecular complexity index is 375. The predicted octanol–water partition coefficient (Wildman–Crippen LogP) is 5.14. The monoisotopic (exact) mass is 295 g/mol. The van der Waals surface area contributed by atoms with E-state index >= 15 is 0 Å². The van der Waals surface area contributed by atoms with E-state index in [2.05, 4.69) is 53.3 Å². The van der Waals surface area contributed by atoms with E-state index in [0.717, 1.165) is 5.92 Å². The minimum Gasteiger partial charge on any atom is -0.382 e. The summed E-state index contributed by atoms with van der Waals surface area (Å²) in [5.74, 6) is 0.908. The van der Waals surface area contributed by atoms with Crippen molar-refractivity contribution in [1.82, 2.24) is 0 Å². The first-order valence-electron chi connectivity index (χ1n) is 6.68. The molecular weight excluding hydrogens is 274 g/mol. The minimum absolute atomic E-state index is 0.660. The van der Waals surface area contributed by atoms with Crippen LogP contribution in [0.25, 0.3) is 0 Å². The summed E-state index contributed by atoms with van der Waals surface area (Å²) in [5.41, 5.74) is 2.61. The Morgan fingerprint density at radius 1 is 1.18 bits per heavy atom. The third-order valence-electron chi connectivity index (χ3n) is 3.88. The molecule has 94 valence electrons. The second kappa shape index (κ2) is 5.90. The second-order valence-electron chi connectivity index (χ2n) is 5.37. The van der Waals surface area contributed by atoms with Gasteiger partial charge in [-0.05, 0) is 49.8 Å². The van der Waals surface area contributed by atoms with E-state index in [1.807, 2.05) is 0 Å². The third kappa shape index (κ3) is 3.48. The second-order valence-corrected chi connectivity index (χ2v) is 6.22. The van der Waals surface area contributed by atoms with E-state index in [1.165, 1.54) is 47.8 Å². The molecule has 0 spiro atoms. The number of hydrogen-bond acceptors (Lipinski definition) is 1. The maximum Gasteiger partial charge on any atom is 0.0383 e. The predicted molar refractivity (Wildman–Crippen MR) is 78.5 cm³/mol. The summed E-state index contributed by atoms with van der Waals surface area (Å²) in [6.07, 6.45) is 6.76. The summed E-state index contributed by atoms with van der Waals surface area (Å²) in [6, 6.07) is 7.07. The topological polar surface area (TPSA) is 12.0 Å². The standard InChI is InChI=1S/C15H22BrN/c1-11-5-3-6-13(10-9-11)17-15-8-4-7-14(16)12(15)2/h4,7-8,11,13,17H,3,5-6,9-10H2,1-2H3. The van der Waals surface area contributed by atoms with Gasteiger partial charge in [0, 0.05) is 16.2 Å². The lowest BCUT2D eigenvalue weighted by molar-refractivity contribution is 0.502. The van der Waals surface area contributed by atoms with Crippen molar-refractivity contribution in [2.24, 2.45) is 5.92 Å². The average Bonchev–Trinajstić information content (AvgIpc) is 2.50. The highest BCUT2D eigenvalue weighted by Gasteiger charge is 2.16. The quantitative estimate of drug-likeness (QED) is 0.745. The summed E-state index contributed by atoms with van der Waals surface area (Å²) in [7, 11) is 0. The molecule has 1 fully saturated rings. The lowest BCUT2D eigenvalue weighted by Crippen LogP contribution is -2.19. The molecule has 2 unspecified atom stereocenters. The Hall–Kier alpha value is -0.500. The fourth-order valence-corrected chi connectivity index (χ4v) is 2.98. The van der Waals surface area contributed by atoms with Crippen LogP contribution in [0.4, 0.5) is 5.69 Å². The molecule has 0 radical (unpaired) electrons. The molecule has 0 bridgehead atoms. The Morgan fingerprint density at radius 2 is 2.00 bits per heavy atom. The SMILES string of the molecule is Cc1c(Br)cccc1NC1CCCC(C)CC1. The molecular formula is C15H22BrN. The van der Waals surface area contributed by atoms with E-state index in [-0.39, 0.29) is 0 Å². The lowest BCUT2D eigenvalue weighted by Gasteiger charge is -2.19. The van der Waals surface area contributed by atoms with Gasteiger partial charge < -0.3 is 5.32 Å². The van der Waals surface area contributed by atoms with Crippen molar-refractivity contribution < 1.29 is 0 Å². The molecule has 1 aliphatic carbocycles. The van der Waals surface area contributed by atoms with Gasteiger partial charge >= 0.3 is 0 Å². The molecule has 0 amide bonds. The van der Waals surface area contributed by atoms with Crippen molar-refractivity contribution in [1.29, 1.82) is 0 Å². The smallest absolute Gasteiger partial charge is 0.0383 e. The highest BCUT2D eigenvalue weighted by atomic mass is 79.9. The molecule has 1 aliphatic rings. The number of rotatable bonds is 2.